The molecular weight excluding hydrogens is 262 g/mol. The molecule has 0 unspecified atom stereocenters. The Kier molecular flexibility index (Phi) is 4.02. The van der Waals surface area contributed by atoms with E-state index in [0.717, 1.165) is 25.5 Å². The second-order valence-corrected chi connectivity index (χ2v) is 5.80. The molecule has 0 aromatic heterocycles. The predicted molar refractivity (Wildman–Crippen MR) is 63.0 cm³/mol. The van der Waals surface area contributed by atoms with Crippen LogP contribution in [0.5, 0.6) is 0 Å². The Morgan fingerprint density at radius 3 is 2.50 bits per heavy atom. The van der Waals surface area contributed by atoms with E-state index in [1.165, 1.54) is 6.07 Å². The first-order valence-corrected chi connectivity index (χ1v) is 6.84. The van der Waals surface area contributed by atoms with Gasteiger partial charge in [0, 0.05) is 18.4 Å². The number of ether oxygens (including phenoxy) is 1. The quantitative estimate of drug-likeness (QED) is 0.459. The third-order valence-electron chi connectivity index (χ3n) is 2.13. The summed E-state index contributed by atoms with van der Waals surface area (Å²) in [4.78, 5) is 21.4. The number of carbonyl (C=O) groups excluding carboxylic acids is 1. The van der Waals surface area contributed by atoms with Crippen molar-refractivity contribution in [1.29, 1.82) is 0 Å². The van der Waals surface area contributed by atoms with Gasteiger partial charge in [-0.05, 0) is 5.56 Å². The molecule has 0 fully saturated rings. The highest BCUT2D eigenvalue weighted by molar-refractivity contribution is 7.89. The Morgan fingerprint density at radius 2 is 2.06 bits per heavy atom. The van der Waals surface area contributed by atoms with Crippen molar-refractivity contribution in [3.05, 3.63) is 39.4 Å². The number of hydrogen-bond donors (Lipinski definition) is 0. The van der Waals surface area contributed by atoms with Crippen molar-refractivity contribution in [1.82, 2.24) is 0 Å². The first kappa shape index (κ1) is 14.1. The molecule has 1 aromatic carbocycles. The zero-order chi connectivity index (χ0) is 13.9. The van der Waals surface area contributed by atoms with Crippen molar-refractivity contribution in [3.63, 3.8) is 0 Å². The summed E-state index contributed by atoms with van der Waals surface area (Å²) in [5.41, 5.74) is -0.236. The molecule has 0 spiro atoms. The number of nitrogens with zero attached hydrogens (tertiary/aromatic N) is 1. The van der Waals surface area contributed by atoms with Crippen LogP contribution in [0.15, 0.2) is 18.2 Å². The van der Waals surface area contributed by atoms with E-state index in [2.05, 4.69) is 4.74 Å². The highest BCUT2D eigenvalue weighted by Crippen LogP contribution is 2.20. The summed E-state index contributed by atoms with van der Waals surface area (Å²) in [5, 5.41) is 10.6. The van der Waals surface area contributed by atoms with Gasteiger partial charge in [-0.25, -0.2) is 13.2 Å². The molecule has 0 N–H and O–H groups in total. The van der Waals surface area contributed by atoms with Crippen LogP contribution < -0.4 is 0 Å². The average molecular weight is 273 g/mol. The lowest BCUT2D eigenvalue weighted by molar-refractivity contribution is -0.384. The number of methoxy groups -OCH3 is 1. The lowest BCUT2D eigenvalue weighted by atomic mass is 10.1. The zero-order valence-corrected chi connectivity index (χ0v) is 10.6. The first-order chi connectivity index (χ1) is 8.24. The van der Waals surface area contributed by atoms with Gasteiger partial charge in [0.15, 0.2) is 9.84 Å². The summed E-state index contributed by atoms with van der Waals surface area (Å²) in [6.45, 7) is 0. The Bertz CT molecular complexity index is 592. The number of esters is 1. The fourth-order valence-corrected chi connectivity index (χ4v) is 2.20. The number of benzene rings is 1. The summed E-state index contributed by atoms with van der Waals surface area (Å²) in [6.07, 6.45) is 1.01. The average Bonchev–Trinajstić information content (AvgIpc) is 2.26. The van der Waals surface area contributed by atoms with Crippen molar-refractivity contribution in [2.45, 2.75) is 5.75 Å². The van der Waals surface area contributed by atoms with Gasteiger partial charge in [-0.2, -0.15) is 0 Å². The van der Waals surface area contributed by atoms with Crippen LogP contribution in [-0.2, 0) is 20.3 Å². The van der Waals surface area contributed by atoms with Crippen molar-refractivity contribution in [3.8, 4) is 0 Å². The summed E-state index contributed by atoms with van der Waals surface area (Å²) in [7, 11) is -2.24. The molecule has 8 heteroatoms. The van der Waals surface area contributed by atoms with Crippen LogP contribution in [0.2, 0.25) is 0 Å². The zero-order valence-electron chi connectivity index (χ0n) is 9.74. The summed E-state index contributed by atoms with van der Waals surface area (Å²) < 4.78 is 26.9. The molecule has 0 bridgehead atoms. The van der Waals surface area contributed by atoms with Crippen LogP contribution in [0, 0.1) is 10.1 Å². The van der Waals surface area contributed by atoms with Gasteiger partial charge in [-0.1, -0.05) is 6.07 Å². The van der Waals surface area contributed by atoms with Gasteiger partial charge in [0.1, 0.15) is 0 Å². The van der Waals surface area contributed by atoms with E-state index in [1.807, 2.05) is 0 Å². The molecule has 7 nitrogen and oxygen atoms in total. The van der Waals surface area contributed by atoms with Crippen LogP contribution in [0.25, 0.3) is 0 Å². The van der Waals surface area contributed by atoms with Crippen LogP contribution in [0.4, 0.5) is 5.69 Å². The van der Waals surface area contributed by atoms with Gasteiger partial charge < -0.3 is 4.74 Å². The topological polar surface area (TPSA) is 104 Å². The van der Waals surface area contributed by atoms with E-state index < -0.39 is 20.7 Å². The molecule has 0 atom stereocenters. The Balaban J connectivity index is 3.34. The standard InChI is InChI=1S/C10H11NO6S/c1-17-10(12)9-5-8(11(13)14)4-3-7(9)6-18(2,15)16/h3-5H,6H2,1-2H3. The molecule has 0 amide bonds. The second-order valence-electron chi connectivity index (χ2n) is 3.66. The van der Waals surface area contributed by atoms with E-state index >= 15 is 0 Å². The molecule has 1 rings (SSSR count). The van der Waals surface area contributed by atoms with Gasteiger partial charge in [0.25, 0.3) is 5.69 Å². The molecule has 0 aliphatic carbocycles. The maximum absolute atomic E-state index is 11.5. The van der Waals surface area contributed by atoms with Gasteiger partial charge in [0.05, 0.1) is 23.3 Å². The number of nitro groups is 1. The lowest BCUT2D eigenvalue weighted by Crippen LogP contribution is -2.10. The number of sulfone groups is 1. The monoisotopic (exact) mass is 273 g/mol. The largest absolute Gasteiger partial charge is 0.465 e. The summed E-state index contributed by atoms with van der Waals surface area (Å²) in [5.74, 6) is -1.19. The number of non-ortho nitro benzene ring substituents is 1. The van der Waals surface area contributed by atoms with Crippen molar-refractivity contribution < 1.29 is 22.9 Å². The van der Waals surface area contributed by atoms with Crippen LogP contribution in [-0.4, -0.2) is 32.7 Å². The van der Waals surface area contributed by atoms with Crippen LogP contribution >= 0.6 is 0 Å². The summed E-state index contributed by atoms with van der Waals surface area (Å²) >= 11 is 0. The van der Waals surface area contributed by atoms with Crippen molar-refractivity contribution in [2.24, 2.45) is 0 Å². The Labute approximate surface area is 103 Å². The van der Waals surface area contributed by atoms with E-state index in [-0.39, 0.29) is 22.6 Å². The minimum atomic E-state index is -3.35. The highest BCUT2D eigenvalue weighted by atomic mass is 32.2. The van der Waals surface area contributed by atoms with Crippen LogP contribution in [0.3, 0.4) is 0 Å². The molecule has 0 aliphatic rings. The smallest absolute Gasteiger partial charge is 0.338 e. The molecule has 0 radical (unpaired) electrons. The molecule has 1 aromatic rings. The number of hydrogen-bond acceptors (Lipinski definition) is 6. The van der Waals surface area contributed by atoms with Gasteiger partial charge >= 0.3 is 5.97 Å². The minimum Gasteiger partial charge on any atom is -0.465 e. The maximum Gasteiger partial charge on any atom is 0.338 e. The highest BCUT2D eigenvalue weighted by Gasteiger charge is 2.19. The molecular formula is C10H11NO6S. The van der Waals surface area contributed by atoms with E-state index in [0.29, 0.717) is 0 Å². The van der Waals surface area contributed by atoms with Gasteiger partial charge in [0.2, 0.25) is 0 Å². The van der Waals surface area contributed by atoms with E-state index in [4.69, 9.17) is 0 Å². The number of nitro benzene ring substituents is 1. The molecule has 0 heterocycles. The van der Waals surface area contributed by atoms with Gasteiger partial charge in [-0.15, -0.1) is 0 Å². The summed E-state index contributed by atoms with van der Waals surface area (Å²) in [6, 6.07) is 3.39. The van der Waals surface area contributed by atoms with Crippen molar-refractivity contribution >= 4 is 21.5 Å². The maximum atomic E-state index is 11.5. The molecule has 18 heavy (non-hydrogen) atoms. The lowest BCUT2D eigenvalue weighted by Gasteiger charge is -2.06. The fourth-order valence-electron chi connectivity index (χ4n) is 1.39. The van der Waals surface area contributed by atoms with E-state index in [9.17, 15) is 23.3 Å². The third kappa shape index (κ3) is 3.52. The molecule has 0 saturated heterocycles. The fraction of sp³-hybridized carbons (Fsp3) is 0.300. The third-order valence-corrected chi connectivity index (χ3v) is 2.96. The first-order valence-electron chi connectivity index (χ1n) is 4.78. The van der Waals surface area contributed by atoms with E-state index in [1.54, 1.807) is 0 Å². The molecule has 98 valence electrons. The Morgan fingerprint density at radius 1 is 1.44 bits per heavy atom. The molecule has 0 saturated carbocycles. The normalized spacial score (nSPS) is 11.0. The van der Waals surface area contributed by atoms with Crippen LogP contribution in [0.1, 0.15) is 15.9 Å². The van der Waals surface area contributed by atoms with Gasteiger partial charge in [-0.3, -0.25) is 10.1 Å². The minimum absolute atomic E-state index is 0.114. The number of rotatable bonds is 4. The second kappa shape index (κ2) is 5.13. The predicted octanol–water partition coefficient (Wildman–Crippen LogP) is 0.926. The SMILES string of the molecule is COC(=O)c1cc([N+](=O)[O-])ccc1CS(C)(=O)=O. The van der Waals surface area contributed by atoms with Crippen molar-refractivity contribution in [2.75, 3.05) is 13.4 Å². The Hall–Kier alpha value is -1.96. The number of carbonyl (C=O) groups is 1. The molecule has 0 aliphatic heterocycles.